The Hall–Kier alpha value is -1.71. The first-order chi connectivity index (χ1) is 7.31. The van der Waals surface area contributed by atoms with E-state index in [4.69, 9.17) is 12.6 Å². The number of aromatic nitrogens is 2. The van der Waals surface area contributed by atoms with Crippen molar-refractivity contribution in [3.8, 4) is 5.75 Å². The summed E-state index contributed by atoms with van der Waals surface area (Å²) in [5.41, 5.74) is 1.45. The minimum Gasteiger partial charge on any atom is -0.489 e. The normalized spacial score (nSPS) is 10.4. The molecule has 0 aromatic carbocycles. The van der Waals surface area contributed by atoms with Crippen LogP contribution in [0.15, 0.2) is 37.3 Å². The minimum absolute atomic E-state index is 0.593. The number of pyridine rings is 1. The molecule has 0 fully saturated rings. The smallest absolute Gasteiger partial charge is 0.179 e. The van der Waals surface area contributed by atoms with Crippen molar-refractivity contribution < 1.29 is 4.74 Å². The van der Waals surface area contributed by atoms with Crippen molar-refractivity contribution >= 4 is 19.0 Å². The zero-order valence-corrected chi connectivity index (χ0v) is 8.39. The Bertz CT molecular complexity index is 478. The first kappa shape index (κ1) is 9.83. The summed E-state index contributed by atoms with van der Waals surface area (Å²) < 4.78 is 7.41. The molecule has 2 radical (unpaired) electrons. The average molecular weight is 198 g/mol. The molecule has 0 atom stereocenters. The van der Waals surface area contributed by atoms with Crippen LogP contribution in [0.2, 0.25) is 0 Å². The van der Waals surface area contributed by atoms with Gasteiger partial charge in [0.15, 0.2) is 11.4 Å². The van der Waals surface area contributed by atoms with Crippen molar-refractivity contribution in [2.24, 2.45) is 0 Å². The quantitative estimate of drug-likeness (QED) is 0.417. The lowest BCUT2D eigenvalue weighted by atomic mass is 9.99. The summed E-state index contributed by atoms with van der Waals surface area (Å²) >= 11 is 0. The third-order valence-electron chi connectivity index (χ3n) is 2.05. The summed E-state index contributed by atoms with van der Waals surface area (Å²) in [6, 6.07) is 1.78. The van der Waals surface area contributed by atoms with E-state index in [1.54, 1.807) is 12.3 Å². The Morgan fingerprint density at radius 3 is 3.27 bits per heavy atom. The lowest BCUT2D eigenvalue weighted by molar-refractivity contribution is 0.327. The van der Waals surface area contributed by atoms with Crippen LogP contribution < -0.4 is 10.2 Å². The molecule has 0 N–H and O–H groups in total. The van der Waals surface area contributed by atoms with Crippen LogP contribution in [0.1, 0.15) is 6.42 Å². The highest BCUT2D eigenvalue weighted by molar-refractivity contribution is 6.32. The van der Waals surface area contributed by atoms with Crippen LogP contribution in [0.25, 0.3) is 5.65 Å². The Kier molecular flexibility index (Phi) is 2.76. The molecular formula is C11H11BN2O. The second-order valence-electron chi connectivity index (χ2n) is 3.22. The van der Waals surface area contributed by atoms with Crippen molar-refractivity contribution in [3.05, 3.63) is 37.3 Å². The molecule has 2 aromatic rings. The monoisotopic (exact) mass is 198 g/mol. The molecule has 2 rings (SSSR count). The second kappa shape index (κ2) is 4.21. The molecule has 3 nitrogen and oxygen atoms in total. The second-order valence-corrected chi connectivity index (χ2v) is 3.22. The van der Waals surface area contributed by atoms with Crippen molar-refractivity contribution in [1.82, 2.24) is 9.38 Å². The number of hydrogen-bond donors (Lipinski definition) is 0. The summed E-state index contributed by atoms with van der Waals surface area (Å²) in [5, 5.41) is 0. The molecule has 0 aliphatic carbocycles. The maximum absolute atomic E-state index is 5.74. The predicted octanol–water partition coefficient (Wildman–Crippen LogP) is 1.08. The van der Waals surface area contributed by atoms with Gasteiger partial charge in [0.05, 0.1) is 6.61 Å². The molecular weight excluding hydrogens is 187 g/mol. The topological polar surface area (TPSA) is 26.5 Å². The van der Waals surface area contributed by atoms with Gasteiger partial charge < -0.3 is 9.14 Å². The number of rotatable bonds is 4. The highest BCUT2D eigenvalue weighted by atomic mass is 16.5. The van der Waals surface area contributed by atoms with Gasteiger partial charge in [-0.3, -0.25) is 0 Å². The largest absolute Gasteiger partial charge is 0.489 e. The SMILES string of the molecule is [B]c1cc(OCCC=C)c2nccn2c1. The van der Waals surface area contributed by atoms with E-state index in [2.05, 4.69) is 11.6 Å². The fraction of sp³-hybridized carbons (Fsp3) is 0.182. The maximum atomic E-state index is 5.74. The first-order valence-electron chi connectivity index (χ1n) is 4.77. The maximum Gasteiger partial charge on any atom is 0.179 e. The predicted molar refractivity (Wildman–Crippen MR) is 60.9 cm³/mol. The molecule has 2 aromatic heterocycles. The van der Waals surface area contributed by atoms with Crippen LogP contribution in [-0.2, 0) is 0 Å². The highest BCUT2D eigenvalue weighted by Crippen LogP contribution is 2.16. The summed E-state index contributed by atoms with van der Waals surface area (Å²) in [6.45, 7) is 4.23. The molecule has 0 saturated heterocycles. The van der Waals surface area contributed by atoms with Crippen molar-refractivity contribution in [2.45, 2.75) is 6.42 Å². The third kappa shape index (κ3) is 2.04. The number of imidazole rings is 1. The van der Waals surface area contributed by atoms with Gasteiger partial charge >= 0.3 is 0 Å². The van der Waals surface area contributed by atoms with Crippen molar-refractivity contribution in [3.63, 3.8) is 0 Å². The van der Waals surface area contributed by atoms with Crippen molar-refractivity contribution in [2.75, 3.05) is 6.61 Å². The highest BCUT2D eigenvalue weighted by Gasteiger charge is 2.03. The minimum atomic E-state index is 0.593. The van der Waals surface area contributed by atoms with E-state index < -0.39 is 0 Å². The van der Waals surface area contributed by atoms with Crippen LogP contribution in [0.5, 0.6) is 5.75 Å². The molecule has 0 aliphatic rings. The fourth-order valence-electron chi connectivity index (χ4n) is 1.38. The fourth-order valence-corrected chi connectivity index (χ4v) is 1.38. The van der Waals surface area contributed by atoms with Crippen LogP contribution >= 0.6 is 0 Å². The van der Waals surface area contributed by atoms with E-state index in [1.165, 1.54) is 0 Å². The Morgan fingerprint density at radius 2 is 2.47 bits per heavy atom. The van der Waals surface area contributed by atoms with E-state index in [0.717, 1.165) is 12.1 Å². The molecule has 4 heteroatoms. The summed E-state index contributed by atoms with van der Waals surface area (Å²) in [5.74, 6) is 0.710. The molecule has 0 amide bonds. The van der Waals surface area contributed by atoms with Gasteiger partial charge in [-0.25, -0.2) is 4.98 Å². The molecule has 0 unspecified atom stereocenters. The Labute approximate surface area is 89.8 Å². The van der Waals surface area contributed by atoms with Crippen LogP contribution in [0.4, 0.5) is 0 Å². The van der Waals surface area contributed by atoms with Crippen LogP contribution in [0.3, 0.4) is 0 Å². The molecule has 74 valence electrons. The van der Waals surface area contributed by atoms with Gasteiger partial charge in [-0.15, -0.1) is 6.58 Å². The van der Waals surface area contributed by atoms with Crippen molar-refractivity contribution in [1.29, 1.82) is 0 Å². The number of fused-ring (bicyclic) bond motifs is 1. The number of hydrogen-bond acceptors (Lipinski definition) is 2. The van der Waals surface area contributed by atoms with Gasteiger partial charge in [0.25, 0.3) is 0 Å². The van der Waals surface area contributed by atoms with Crippen LogP contribution in [0, 0.1) is 0 Å². The summed E-state index contributed by atoms with van der Waals surface area (Å²) in [6.07, 6.45) is 7.99. The number of ether oxygens (including phenoxy) is 1. The molecule has 0 bridgehead atoms. The Morgan fingerprint density at radius 1 is 1.60 bits per heavy atom. The molecule has 15 heavy (non-hydrogen) atoms. The zero-order valence-electron chi connectivity index (χ0n) is 8.39. The van der Waals surface area contributed by atoms with E-state index in [0.29, 0.717) is 17.8 Å². The van der Waals surface area contributed by atoms with E-state index in [-0.39, 0.29) is 0 Å². The molecule has 0 spiro atoms. The van der Waals surface area contributed by atoms with E-state index >= 15 is 0 Å². The number of nitrogens with zero attached hydrogens (tertiary/aromatic N) is 2. The van der Waals surface area contributed by atoms with Gasteiger partial charge in [0.1, 0.15) is 7.85 Å². The van der Waals surface area contributed by atoms with Gasteiger partial charge in [0.2, 0.25) is 0 Å². The lowest BCUT2D eigenvalue weighted by Gasteiger charge is -2.07. The van der Waals surface area contributed by atoms with Gasteiger partial charge in [-0.05, 0) is 12.5 Å². The van der Waals surface area contributed by atoms with Gasteiger partial charge in [-0.1, -0.05) is 11.5 Å². The van der Waals surface area contributed by atoms with Crippen LogP contribution in [-0.4, -0.2) is 23.8 Å². The zero-order chi connectivity index (χ0) is 10.7. The molecule has 0 aliphatic heterocycles. The third-order valence-corrected chi connectivity index (χ3v) is 2.05. The molecule has 0 saturated carbocycles. The summed E-state index contributed by atoms with van der Waals surface area (Å²) in [7, 11) is 5.74. The van der Waals surface area contributed by atoms with E-state index in [1.807, 2.05) is 22.9 Å². The van der Waals surface area contributed by atoms with Gasteiger partial charge in [0, 0.05) is 18.6 Å². The van der Waals surface area contributed by atoms with E-state index in [9.17, 15) is 0 Å². The standard InChI is InChI=1S/C11H11BN2O/c1-2-3-6-15-10-7-9(12)8-14-5-4-13-11(10)14/h2,4-5,7-8H,1,3,6H2. The average Bonchev–Trinajstić information content (AvgIpc) is 2.65. The first-order valence-corrected chi connectivity index (χ1v) is 4.77. The van der Waals surface area contributed by atoms with Gasteiger partial charge in [-0.2, -0.15) is 0 Å². The lowest BCUT2D eigenvalue weighted by Crippen LogP contribution is -2.08. The summed E-state index contributed by atoms with van der Waals surface area (Å²) in [4.78, 5) is 4.20. The Balaban J connectivity index is 2.31. The molecule has 2 heterocycles.